The van der Waals surface area contributed by atoms with Crippen LogP contribution in [0.15, 0.2) is 128 Å². The van der Waals surface area contributed by atoms with Gasteiger partial charge in [0, 0.05) is 103 Å². The minimum absolute atomic E-state index is 0.175. The number of nitrogens with two attached hydrogens (primary N) is 6. The number of rotatable bonds is 26. The van der Waals surface area contributed by atoms with E-state index in [4.69, 9.17) is 67.6 Å². The van der Waals surface area contributed by atoms with Gasteiger partial charge in [-0.15, -0.1) is 0 Å². The van der Waals surface area contributed by atoms with Gasteiger partial charge in [0.05, 0.1) is 42.6 Å². The Balaban J connectivity index is 0.000000189. The molecule has 0 aliphatic heterocycles. The van der Waals surface area contributed by atoms with Crippen molar-refractivity contribution >= 4 is 105 Å². The van der Waals surface area contributed by atoms with Crippen molar-refractivity contribution in [1.29, 1.82) is 0 Å². The van der Waals surface area contributed by atoms with Crippen LogP contribution in [0.5, 0.6) is 74.9 Å². The molecule has 127 heavy (non-hydrogen) atoms. The average molecular weight is 1860 g/mol. The number of pyridine rings is 6. The van der Waals surface area contributed by atoms with Crippen LogP contribution in [-0.2, 0) is 9.59 Å². The van der Waals surface area contributed by atoms with E-state index in [0.29, 0.717) is 165 Å². The van der Waals surface area contributed by atoms with E-state index in [0.717, 1.165) is 55.5 Å². The first-order valence-electron chi connectivity index (χ1n) is 40.4. The van der Waals surface area contributed by atoms with Gasteiger partial charge in [0.15, 0.2) is 57.8 Å². The molecule has 12 heterocycles. The first-order chi connectivity index (χ1) is 60.3. The summed E-state index contributed by atoms with van der Waals surface area (Å²) in [4.78, 5) is 97.5. The van der Waals surface area contributed by atoms with E-state index in [1.165, 1.54) is 51.5 Å². The summed E-state index contributed by atoms with van der Waals surface area (Å²) in [5.74, 6) is 17.5. The van der Waals surface area contributed by atoms with Crippen molar-refractivity contribution in [1.82, 2.24) is 89.7 Å². The summed E-state index contributed by atoms with van der Waals surface area (Å²) < 4.78 is 41.9. The molecule has 0 spiro atoms. The molecule has 0 radical (unpaired) electrons. The zero-order valence-electron chi connectivity index (χ0n) is 75.1. The number of carbonyl (C=O) groups excluding carboxylic acids is 2. The van der Waals surface area contributed by atoms with Crippen molar-refractivity contribution in [3.8, 4) is 74.9 Å². The molecule has 1 saturated carbocycles. The number of nitrogens with zero attached hydrogens (tertiary/aromatic N) is 18. The van der Waals surface area contributed by atoms with E-state index in [2.05, 4.69) is 195 Å². The first-order valence-corrected chi connectivity index (χ1v) is 43.7. The molecule has 12 aromatic rings. The molecule has 39 heteroatoms. The Morgan fingerprint density at radius 2 is 0.685 bits per heavy atom. The van der Waals surface area contributed by atoms with Crippen molar-refractivity contribution in [2.45, 2.75) is 192 Å². The molecule has 0 unspecified atom stereocenters. The molecule has 12 aromatic heterocycles. The maximum atomic E-state index is 11.4. The first kappa shape index (κ1) is 98.5. The third-order valence-corrected chi connectivity index (χ3v) is 19.6. The van der Waals surface area contributed by atoms with Crippen molar-refractivity contribution in [2.24, 2.45) is 0 Å². The standard InChI is InChI=1S/C16H19N5O2.C16H21N5O.C16H23N5O.C15H19N5O2.C14H18N4OSe.C11H11BrN4O2/c1-5-15(22)21-14-6-12(11(7-19-14)9(2)3)23-13-8-18-10(4)20-16(13)17;1-9(2)12-7-19-15(21-11-4-5-11)6-13(12)22-14-8-18-10(3)20-16(14)17;1-9(2)12-7-19-15(20-10(3)4)6-13(12)22-14-8-18-11(5)21-16(14)17;1-8(2)11-6-18-14(20-10(4)21)5-12(11)22-13-7-17-9(3)19-15(13)16;1-8(2)10-6-17-13(20-4)5-11(10)19-12-7-16-9(3)18-14(12)15;1-6-14-5-9(11(13)16-6)18-8-3-10(17-2)15-4-7(8)12/h5-9H,1H2,2-4H3,(H2,17,18,20)(H,19,21,22);6-9,11H,4-5H2,1-3H3,(H,19,21)(H2,17,18,20);6-10H,1-5H3,(H,19,20)(H2,17,18,21);5-8H,1-4H3,(H2,16,17,19)(H,18,20,21);5-8H,1-4H3,(H2,15,16,18);3-5H,1-2H3,(H2,13,14,16). The van der Waals surface area contributed by atoms with Gasteiger partial charge < -0.3 is 78.4 Å². The van der Waals surface area contributed by atoms with Gasteiger partial charge in [-0.25, -0.2) is 74.8 Å². The number of ether oxygens (including phenoxy) is 7. The van der Waals surface area contributed by atoms with Crippen LogP contribution in [0, 0.1) is 41.5 Å². The van der Waals surface area contributed by atoms with Gasteiger partial charge in [0.2, 0.25) is 17.7 Å². The number of carbonyl (C=O) groups is 2. The molecule has 0 aromatic carbocycles. The second-order valence-corrected chi connectivity index (χ2v) is 32.9. The van der Waals surface area contributed by atoms with Gasteiger partial charge in [-0.05, 0) is 107 Å². The molecule has 16 N–H and O–H groups in total. The van der Waals surface area contributed by atoms with Crippen LogP contribution in [-0.4, -0.2) is 136 Å². The molecular weight excluding hydrogens is 1750 g/mol. The Hall–Kier alpha value is -13.9. The van der Waals surface area contributed by atoms with E-state index in [9.17, 15) is 9.59 Å². The molecule has 670 valence electrons. The molecule has 1 fully saturated rings. The monoisotopic (exact) mass is 1860 g/mol. The van der Waals surface area contributed by atoms with Crippen molar-refractivity contribution in [3.05, 3.63) is 191 Å². The van der Waals surface area contributed by atoms with Crippen LogP contribution in [0.2, 0.25) is 5.82 Å². The van der Waals surface area contributed by atoms with E-state index in [1.807, 2.05) is 64.5 Å². The molecular formula is C88H111BrN28O9Se. The SMILES string of the molecule is C=CC(=O)Nc1cc(Oc2cnc(C)nc2N)c(C(C)C)cn1.CC(=O)Nc1cc(Oc2cnc(C)nc2N)c(C(C)C)cn1.COc1cc(Oc2cnc(C)nc2N)c(Br)cn1.C[Se]c1cc(Oc2cnc(C)nc2N)c(C(C)C)cn1.Cc1ncc(Oc2cc(NC(C)C)ncc2C(C)C)c(N)n1.Cc1ncc(Oc2cc(NC3CC3)ncc2C(C)C)c(N)n1. The number of nitrogens with one attached hydrogen (secondary N) is 4. The molecule has 0 saturated heterocycles. The number of methoxy groups -OCH3 is 1. The van der Waals surface area contributed by atoms with Gasteiger partial charge >= 0.3 is 125 Å². The van der Waals surface area contributed by atoms with Gasteiger partial charge in [0.25, 0.3) is 0 Å². The number of amides is 2. The van der Waals surface area contributed by atoms with Crippen LogP contribution < -0.4 is 93.4 Å². The second kappa shape index (κ2) is 46.7. The summed E-state index contributed by atoms with van der Waals surface area (Å²) in [6, 6.07) is 11.6. The number of aromatic nitrogens is 18. The molecule has 2 amide bonds. The fourth-order valence-electron chi connectivity index (χ4n) is 11.0. The van der Waals surface area contributed by atoms with Gasteiger partial charge in [-0.3, -0.25) is 9.59 Å². The van der Waals surface area contributed by atoms with Crippen molar-refractivity contribution in [3.63, 3.8) is 0 Å². The second-order valence-electron chi connectivity index (χ2n) is 30.3. The van der Waals surface area contributed by atoms with Gasteiger partial charge in [0.1, 0.15) is 81.1 Å². The minimum Gasteiger partial charge on any atom is -0.451 e. The van der Waals surface area contributed by atoms with Crippen LogP contribution in [0.1, 0.15) is 195 Å². The Morgan fingerprint density at radius 1 is 0.394 bits per heavy atom. The fraction of sp³-hybridized carbons (Fsp3) is 0.341. The Kier molecular flexibility index (Phi) is 36.2. The number of hydrogen-bond acceptors (Lipinski definition) is 35. The Labute approximate surface area is 753 Å². The van der Waals surface area contributed by atoms with Crippen molar-refractivity contribution < 1.29 is 42.7 Å². The number of anilines is 10. The van der Waals surface area contributed by atoms with E-state index < -0.39 is 0 Å². The number of hydrogen-bond donors (Lipinski definition) is 10. The summed E-state index contributed by atoms with van der Waals surface area (Å²) in [6.07, 6.45) is 23.4. The summed E-state index contributed by atoms with van der Waals surface area (Å²) in [7, 11) is 1.53. The van der Waals surface area contributed by atoms with E-state index in [1.54, 1.807) is 96.9 Å². The number of aryl methyl sites for hydroxylation is 6. The summed E-state index contributed by atoms with van der Waals surface area (Å²) in [5.41, 5.74) is 40.0. The topological polar surface area (TPSA) is 535 Å². The predicted octanol–water partition coefficient (Wildman–Crippen LogP) is 16.6. The summed E-state index contributed by atoms with van der Waals surface area (Å²) in [5, 5.41) is 11.9. The van der Waals surface area contributed by atoms with Gasteiger partial charge in [-0.2, -0.15) is 0 Å². The number of halogens is 1. The zero-order chi connectivity index (χ0) is 93.0. The maximum absolute atomic E-state index is 11.4. The predicted molar refractivity (Wildman–Crippen MR) is 497 cm³/mol. The normalized spacial score (nSPS) is 11.2. The minimum atomic E-state index is -0.348. The third-order valence-electron chi connectivity index (χ3n) is 17.6. The molecule has 1 aliphatic rings. The van der Waals surface area contributed by atoms with Crippen LogP contribution in [0.4, 0.5) is 58.2 Å². The van der Waals surface area contributed by atoms with Crippen LogP contribution in [0.25, 0.3) is 0 Å². The molecule has 0 atom stereocenters. The van der Waals surface area contributed by atoms with E-state index in [-0.39, 0.29) is 53.1 Å². The molecule has 37 nitrogen and oxygen atoms in total. The summed E-state index contributed by atoms with van der Waals surface area (Å²) >= 11 is 3.65. The Morgan fingerprint density at radius 3 is 0.976 bits per heavy atom. The van der Waals surface area contributed by atoms with Gasteiger partial charge in [-0.1, -0.05) is 62.0 Å². The van der Waals surface area contributed by atoms with E-state index >= 15 is 0 Å². The van der Waals surface area contributed by atoms with Crippen LogP contribution in [0.3, 0.4) is 0 Å². The zero-order valence-corrected chi connectivity index (χ0v) is 78.4. The Bertz CT molecular complexity index is 5660. The molecule has 0 bridgehead atoms. The molecule has 13 rings (SSSR count). The molecule has 1 aliphatic carbocycles. The average Bonchev–Trinajstić information content (AvgIpc) is 1.82. The summed E-state index contributed by atoms with van der Waals surface area (Å²) in [6.45, 7) is 40.3. The number of nitrogen functional groups attached to an aromatic ring is 6. The van der Waals surface area contributed by atoms with Crippen LogP contribution >= 0.6 is 15.9 Å². The third kappa shape index (κ3) is 30.5. The van der Waals surface area contributed by atoms with Crippen molar-refractivity contribution in [2.75, 3.05) is 62.8 Å². The largest absolute Gasteiger partial charge is 0.451 e. The quantitative estimate of drug-likeness (QED) is 0.0178. The maximum Gasteiger partial charge on any atom is 0.187 e. The fourth-order valence-corrected chi connectivity index (χ4v) is 12.1. The smallest absolute Gasteiger partial charge is 0.187 e.